The van der Waals surface area contributed by atoms with Crippen molar-refractivity contribution < 1.29 is 9.98 Å². The summed E-state index contributed by atoms with van der Waals surface area (Å²) in [6, 6.07) is 3.03. The van der Waals surface area contributed by atoms with Crippen LogP contribution in [-0.4, -0.2) is 11.9 Å². The highest BCUT2D eigenvalue weighted by Crippen LogP contribution is 2.29. The third-order valence-corrected chi connectivity index (χ3v) is 2.59. The Morgan fingerprint density at radius 1 is 0.938 bits per heavy atom. The minimum Gasteiger partial charge on any atom is -0.275 e. The van der Waals surface area contributed by atoms with Crippen LogP contribution in [0.25, 0.3) is 0 Å². The number of nitrogens with one attached hydrogen (secondary N) is 2. The summed E-state index contributed by atoms with van der Waals surface area (Å²) in [7, 11) is 0. The quantitative estimate of drug-likeness (QED) is 0.234. The largest absolute Gasteiger partial charge is 0.390 e. The molecule has 0 aliphatic heterocycles. The third kappa shape index (κ3) is 3.44. The Morgan fingerprint density at radius 3 is 2.06 bits per heavy atom. The third-order valence-electron chi connectivity index (χ3n) is 1.56. The molecule has 8 heteroatoms. The molecule has 0 saturated carbocycles. The predicted octanol–water partition coefficient (Wildman–Crippen LogP) is -1.97. The molecule has 0 fully saturated rings. The van der Waals surface area contributed by atoms with E-state index < -0.39 is 0 Å². The minimum atomic E-state index is -0.0406. The Balaban J connectivity index is 3.15. The van der Waals surface area contributed by atoms with Gasteiger partial charge in [-0.2, -0.15) is 4.99 Å². The van der Waals surface area contributed by atoms with E-state index in [0.717, 1.165) is 0 Å². The number of hydrogen-bond acceptors (Lipinski definition) is 0. The van der Waals surface area contributed by atoms with Crippen molar-refractivity contribution in [2.24, 2.45) is 17.2 Å². The Kier molecular flexibility index (Phi) is 4.23. The van der Waals surface area contributed by atoms with Crippen molar-refractivity contribution in [1.82, 2.24) is 0 Å². The maximum Gasteiger partial charge on any atom is 0.390 e. The van der Waals surface area contributed by atoms with Crippen molar-refractivity contribution in [2.45, 2.75) is 0 Å². The first kappa shape index (κ1) is 12.9. The van der Waals surface area contributed by atoms with E-state index in [0.29, 0.717) is 20.8 Å². The lowest BCUT2D eigenvalue weighted by Crippen LogP contribution is -2.96. The van der Waals surface area contributed by atoms with Gasteiger partial charge in [-0.25, -0.2) is 4.99 Å². The molecule has 0 aliphatic rings. The topological polar surface area (TPSA) is 106 Å². The van der Waals surface area contributed by atoms with Crippen LogP contribution in [0.1, 0.15) is 0 Å². The first-order valence-electron chi connectivity index (χ1n) is 4.09. The maximum atomic E-state index is 5.91. The van der Waals surface area contributed by atoms with Crippen LogP contribution in [-0.2, 0) is 0 Å². The van der Waals surface area contributed by atoms with Crippen molar-refractivity contribution in [1.29, 1.82) is 0 Å². The monoisotopic (exact) mass is 281 g/mol. The lowest BCUT2D eigenvalue weighted by molar-refractivity contribution is -0.459. The molecule has 1 aromatic carbocycles. The van der Waals surface area contributed by atoms with Crippen molar-refractivity contribution in [2.75, 3.05) is 0 Å². The summed E-state index contributed by atoms with van der Waals surface area (Å²) < 4.78 is 0. The fraction of sp³-hybridized carbons (Fsp3) is 0. The number of benzene rings is 1. The molecule has 0 saturated heterocycles. The zero-order chi connectivity index (χ0) is 12.3. The second-order valence-electron chi connectivity index (χ2n) is 2.87. The van der Waals surface area contributed by atoms with Gasteiger partial charge < -0.3 is 0 Å². The zero-order valence-corrected chi connectivity index (χ0v) is 10.3. The fourth-order valence-corrected chi connectivity index (χ4v) is 1.54. The minimum absolute atomic E-state index is 0.0406. The zero-order valence-electron chi connectivity index (χ0n) is 8.02. The van der Waals surface area contributed by atoms with Gasteiger partial charge in [-0.3, -0.25) is 17.2 Å². The van der Waals surface area contributed by atoms with Crippen LogP contribution in [0.15, 0.2) is 12.1 Å². The predicted molar refractivity (Wildman–Crippen MR) is 65.6 cm³/mol. The molecule has 0 aliphatic carbocycles. The summed E-state index contributed by atoms with van der Waals surface area (Å²) in [5.74, 6) is 0.0847. The van der Waals surface area contributed by atoms with Gasteiger partial charge in [0.15, 0.2) is 0 Å². The van der Waals surface area contributed by atoms with E-state index in [1.807, 2.05) is 0 Å². The molecule has 1 rings (SSSR count). The Morgan fingerprint density at radius 2 is 1.50 bits per heavy atom. The molecule has 0 amide bonds. The first-order chi connectivity index (χ1) is 7.40. The average Bonchev–Trinajstić information content (AvgIpc) is 2.12. The molecular weight excluding hydrogens is 272 g/mol. The molecule has 0 radical (unpaired) electrons. The maximum absolute atomic E-state index is 5.91. The molecule has 0 heterocycles. The van der Waals surface area contributed by atoms with E-state index in [1.165, 1.54) is 12.1 Å². The van der Waals surface area contributed by atoms with Crippen molar-refractivity contribution >= 4 is 52.4 Å². The molecule has 0 aromatic heterocycles. The molecule has 1 aromatic rings. The fourth-order valence-electron chi connectivity index (χ4n) is 0.950. The molecule has 0 atom stereocenters. The van der Waals surface area contributed by atoms with Crippen molar-refractivity contribution in [3.63, 3.8) is 0 Å². The smallest absolute Gasteiger partial charge is 0.275 e. The summed E-state index contributed by atoms with van der Waals surface area (Å²) in [6.45, 7) is 0. The highest BCUT2D eigenvalue weighted by Gasteiger charge is 2.08. The van der Waals surface area contributed by atoms with Crippen LogP contribution in [0, 0.1) is 0 Å². The van der Waals surface area contributed by atoms with Crippen LogP contribution in [0.4, 0.5) is 5.69 Å². The molecular formula is C8H10Cl3N5+2. The van der Waals surface area contributed by atoms with Gasteiger partial charge in [-0.05, 0) is 6.07 Å². The van der Waals surface area contributed by atoms with E-state index in [2.05, 4.69) is 9.98 Å². The summed E-state index contributed by atoms with van der Waals surface area (Å²) in [4.78, 5) is 5.21. The van der Waals surface area contributed by atoms with Crippen LogP contribution in [0.2, 0.25) is 15.1 Å². The first-order valence-corrected chi connectivity index (χ1v) is 5.22. The van der Waals surface area contributed by atoms with Gasteiger partial charge in [0.1, 0.15) is 5.69 Å². The average molecular weight is 283 g/mol. The summed E-state index contributed by atoms with van der Waals surface area (Å²) in [5, 5.41) is 1.08. The van der Waals surface area contributed by atoms with Crippen LogP contribution in [0.5, 0.6) is 0 Å². The van der Waals surface area contributed by atoms with Gasteiger partial charge in [0.2, 0.25) is 0 Å². The van der Waals surface area contributed by atoms with Gasteiger partial charge in [0.05, 0.1) is 15.1 Å². The molecule has 0 bridgehead atoms. The number of guanidine groups is 2. The number of rotatable bonds is 1. The molecule has 0 unspecified atom stereocenters. The Labute approximate surface area is 107 Å². The van der Waals surface area contributed by atoms with Gasteiger partial charge in [0.25, 0.3) is 0 Å². The standard InChI is InChI=1S/C8H8Cl3N5/c9-3-1-5(11)6(2-4(3)10)15-8(14)16-7(12)13/h1-2H,(H6,12,13,14,15,16)/p+2. The van der Waals surface area contributed by atoms with Crippen LogP contribution in [0.3, 0.4) is 0 Å². The van der Waals surface area contributed by atoms with Crippen molar-refractivity contribution in [3.05, 3.63) is 27.2 Å². The van der Waals surface area contributed by atoms with Crippen molar-refractivity contribution in [3.8, 4) is 0 Å². The van der Waals surface area contributed by atoms with Gasteiger partial charge in [-0.1, -0.05) is 34.8 Å². The number of halogens is 3. The molecule has 16 heavy (non-hydrogen) atoms. The second-order valence-corrected chi connectivity index (χ2v) is 4.09. The highest BCUT2D eigenvalue weighted by atomic mass is 35.5. The highest BCUT2D eigenvalue weighted by molar-refractivity contribution is 6.43. The van der Waals surface area contributed by atoms with E-state index in [4.69, 9.17) is 52.0 Å². The molecule has 86 valence electrons. The number of hydrogen-bond donors (Lipinski definition) is 5. The SMILES string of the molecule is NC(N)=[NH+]C(N)=[NH+]c1cc(Cl)c(Cl)cc1Cl. The van der Waals surface area contributed by atoms with Gasteiger partial charge in [-0.15, -0.1) is 0 Å². The molecule has 8 N–H and O–H groups in total. The summed E-state index contributed by atoms with van der Waals surface area (Å²) >= 11 is 17.5. The van der Waals surface area contributed by atoms with Gasteiger partial charge >= 0.3 is 11.9 Å². The molecule has 0 spiro atoms. The van der Waals surface area contributed by atoms with E-state index in [-0.39, 0.29) is 11.9 Å². The summed E-state index contributed by atoms with van der Waals surface area (Å²) in [6.07, 6.45) is 0. The van der Waals surface area contributed by atoms with E-state index in [9.17, 15) is 0 Å². The second kappa shape index (κ2) is 5.25. The Bertz CT molecular complexity index is 465. The Hall–Kier alpha value is -1.17. The lowest BCUT2D eigenvalue weighted by atomic mass is 10.3. The normalized spacial score (nSPS) is 11.3. The summed E-state index contributed by atoms with van der Waals surface area (Å²) in [5.41, 5.74) is 16.4. The van der Waals surface area contributed by atoms with E-state index >= 15 is 0 Å². The van der Waals surface area contributed by atoms with Crippen LogP contribution < -0.4 is 27.2 Å². The van der Waals surface area contributed by atoms with Gasteiger partial charge in [0, 0.05) is 6.07 Å². The molecule has 5 nitrogen and oxygen atoms in total. The van der Waals surface area contributed by atoms with Crippen LogP contribution >= 0.6 is 34.8 Å². The number of nitrogens with two attached hydrogens (primary N) is 3. The van der Waals surface area contributed by atoms with E-state index in [1.54, 1.807) is 0 Å². The lowest BCUT2D eigenvalue weighted by Gasteiger charge is -1.99.